The van der Waals surface area contributed by atoms with E-state index in [1.165, 1.54) is 11.3 Å². The molecule has 1 fully saturated rings. The maximum Gasteiger partial charge on any atom is 0.231 e. The number of furan rings is 1. The van der Waals surface area contributed by atoms with Crippen LogP contribution < -0.4 is 5.32 Å². The van der Waals surface area contributed by atoms with Crippen molar-refractivity contribution in [3.05, 3.63) is 47.4 Å². The summed E-state index contributed by atoms with van der Waals surface area (Å²) in [4.78, 5) is 30.6. The molecule has 1 aromatic carbocycles. The number of rotatable bonds is 4. The predicted molar refractivity (Wildman–Crippen MR) is 95.5 cm³/mol. The van der Waals surface area contributed by atoms with Crippen molar-refractivity contribution < 1.29 is 14.0 Å². The van der Waals surface area contributed by atoms with E-state index in [9.17, 15) is 9.59 Å². The van der Waals surface area contributed by atoms with Crippen LogP contribution in [-0.4, -0.2) is 28.2 Å². The highest BCUT2D eigenvalue weighted by Gasteiger charge is 2.35. The Bertz CT molecular complexity index is 938. The van der Waals surface area contributed by atoms with Crippen molar-refractivity contribution in [3.63, 3.8) is 0 Å². The standard InChI is InChI=1S/C17H14ClN3O3S/c18-11-3-4-13-14(7-11)25-17(19-13)20-16(23)10-6-15(22)21(8-10)9-12-2-1-5-24-12/h1-5,7,10H,6,8-9H2,(H,19,20,23). The number of aromatic nitrogens is 1. The molecule has 1 atom stereocenters. The van der Waals surface area contributed by atoms with Gasteiger partial charge in [-0.05, 0) is 30.3 Å². The van der Waals surface area contributed by atoms with Crippen molar-refractivity contribution >= 4 is 50.1 Å². The first-order chi connectivity index (χ1) is 12.1. The number of amides is 2. The molecular weight excluding hydrogens is 362 g/mol. The van der Waals surface area contributed by atoms with Crippen LogP contribution in [-0.2, 0) is 16.1 Å². The van der Waals surface area contributed by atoms with Crippen molar-refractivity contribution in [2.75, 3.05) is 11.9 Å². The monoisotopic (exact) mass is 375 g/mol. The van der Waals surface area contributed by atoms with E-state index in [1.54, 1.807) is 23.3 Å². The van der Waals surface area contributed by atoms with Gasteiger partial charge < -0.3 is 14.6 Å². The quantitative estimate of drug-likeness (QED) is 0.756. The highest BCUT2D eigenvalue weighted by Crippen LogP contribution is 2.29. The lowest BCUT2D eigenvalue weighted by atomic mass is 10.1. The van der Waals surface area contributed by atoms with Gasteiger partial charge in [-0.25, -0.2) is 4.98 Å². The van der Waals surface area contributed by atoms with Crippen LogP contribution in [0.3, 0.4) is 0 Å². The molecule has 1 aliphatic heterocycles. The van der Waals surface area contributed by atoms with Crippen LogP contribution in [0.25, 0.3) is 10.2 Å². The molecule has 0 bridgehead atoms. The number of thiazole rings is 1. The Morgan fingerprint density at radius 1 is 1.44 bits per heavy atom. The van der Waals surface area contributed by atoms with Gasteiger partial charge in [0.25, 0.3) is 0 Å². The Hall–Kier alpha value is -2.38. The number of nitrogens with zero attached hydrogens (tertiary/aromatic N) is 2. The average Bonchev–Trinajstić information content (AvgIpc) is 3.28. The third-order valence-corrected chi connectivity index (χ3v) is 5.26. The number of anilines is 1. The van der Waals surface area contributed by atoms with E-state index in [-0.39, 0.29) is 18.2 Å². The minimum Gasteiger partial charge on any atom is -0.467 e. The second-order valence-electron chi connectivity index (χ2n) is 5.87. The van der Waals surface area contributed by atoms with Gasteiger partial charge in [0, 0.05) is 18.0 Å². The molecule has 3 aromatic rings. The number of carbonyl (C=O) groups is 2. The average molecular weight is 376 g/mol. The molecule has 3 heterocycles. The van der Waals surface area contributed by atoms with Crippen molar-refractivity contribution in [1.82, 2.24) is 9.88 Å². The van der Waals surface area contributed by atoms with Crippen LogP contribution in [0.1, 0.15) is 12.2 Å². The molecule has 2 aromatic heterocycles. The second kappa shape index (κ2) is 6.50. The van der Waals surface area contributed by atoms with Crippen LogP contribution in [0.5, 0.6) is 0 Å². The van der Waals surface area contributed by atoms with E-state index in [1.807, 2.05) is 18.2 Å². The maximum absolute atomic E-state index is 12.5. The number of fused-ring (bicyclic) bond motifs is 1. The topological polar surface area (TPSA) is 75.4 Å². The molecule has 1 unspecified atom stereocenters. The third kappa shape index (κ3) is 3.38. The molecule has 8 heteroatoms. The summed E-state index contributed by atoms with van der Waals surface area (Å²) < 4.78 is 6.17. The molecule has 0 saturated carbocycles. The molecule has 0 spiro atoms. The van der Waals surface area contributed by atoms with Crippen LogP contribution in [0, 0.1) is 5.92 Å². The fourth-order valence-corrected chi connectivity index (χ4v) is 4.00. The van der Waals surface area contributed by atoms with Crippen LogP contribution in [0.2, 0.25) is 5.02 Å². The second-order valence-corrected chi connectivity index (χ2v) is 7.34. The largest absolute Gasteiger partial charge is 0.467 e. The summed E-state index contributed by atoms with van der Waals surface area (Å²) in [5.41, 5.74) is 0.784. The molecule has 6 nitrogen and oxygen atoms in total. The molecular formula is C17H14ClN3O3S. The summed E-state index contributed by atoms with van der Waals surface area (Å²) in [6, 6.07) is 8.98. The number of nitrogens with one attached hydrogen (secondary N) is 1. The van der Waals surface area contributed by atoms with E-state index in [0.717, 1.165) is 10.2 Å². The number of carbonyl (C=O) groups excluding carboxylic acids is 2. The fourth-order valence-electron chi connectivity index (χ4n) is 2.85. The van der Waals surface area contributed by atoms with Crippen molar-refractivity contribution in [2.45, 2.75) is 13.0 Å². The van der Waals surface area contributed by atoms with Gasteiger partial charge in [0.1, 0.15) is 5.76 Å². The molecule has 0 radical (unpaired) electrons. The molecule has 2 amide bonds. The number of hydrogen-bond donors (Lipinski definition) is 1. The smallest absolute Gasteiger partial charge is 0.231 e. The van der Waals surface area contributed by atoms with Gasteiger partial charge in [-0.3, -0.25) is 9.59 Å². The van der Waals surface area contributed by atoms with Gasteiger partial charge in [-0.2, -0.15) is 0 Å². The van der Waals surface area contributed by atoms with Gasteiger partial charge >= 0.3 is 0 Å². The van der Waals surface area contributed by atoms with Gasteiger partial charge in [0.2, 0.25) is 11.8 Å². The van der Waals surface area contributed by atoms with E-state index >= 15 is 0 Å². The van der Waals surface area contributed by atoms with Gasteiger partial charge in [-0.1, -0.05) is 22.9 Å². The normalized spacial score (nSPS) is 17.4. The first kappa shape index (κ1) is 16.1. The molecule has 25 heavy (non-hydrogen) atoms. The third-order valence-electron chi connectivity index (χ3n) is 4.09. The lowest BCUT2D eigenvalue weighted by Crippen LogP contribution is -2.27. The fraction of sp³-hybridized carbons (Fsp3) is 0.235. The van der Waals surface area contributed by atoms with Gasteiger partial charge in [0.15, 0.2) is 5.13 Å². The van der Waals surface area contributed by atoms with Crippen molar-refractivity contribution in [2.24, 2.45) is 5.92 Å². The highest BCUT2D eigenvalue weighted by atomic mass is 35.5. The number of hydrogen-bond acceptors (Lipinski definition) is 5. The van der Waals surface area contributed by atoms with Gasteiger partial charge in [-0.15, -0.1) is 0 Å². The predicted octanol–water partition coefficient (Wildman–Crippen LogP) is 3.53. The Kier molecular flexibility index (Phi) is 4.19. The Morgan fingerprint density at radius 3 is 3.12 bits per heavy atom. The lowest BCUT2D eigenvalue weighted by molar-refractivity contribution is -0.128. The van der Waals surface area contributed by atoms with E-state index in [0.29, 0.717) is 29.0 Å². The van der Waals surface area contributed by atoms with Crippen LogP contribution >= 0.6 is 22.9 Å². The molecule has 1 aliphatic rings. The van der Waals surface area contributed by atoms with E-state index in [4.69, 9.17) is 16.0 Å². The SMILES string of the molecule is O=C(Nc1nc2ccc(Cl)cc2s1)C1CC(=O)N(Cc2ccco2)C1. The first-order valence-electron chi connectivity index (χ1n) is 7.75. The van der Waals surface area contributed by atoms with Crippen molar-refractivity contribution in [1.29, 1.82) is 0 Å². The minimum absolute atomic E-state index is 0.0485. The Balaban J connectivity index is 1.43. The zero-order chi connectivity index (χ0) is 17.4. The summed E-state index contributed by atoms with van der Waals surface area (Å²) in [6.45, 7) is 0.761. The number of halogens is 1. The molecule has 128 valence electrons. The number of benzene rings is 1. The van der Waals surface area contributed by atoms with Crippen molar-refractivity contribution in [3.8, 4) is 0 Å². The maximum atomic E-state index is 12.5. The van der Waals surface area contributed by atoms with Crippen LogP contribution in [0.15, 0.2) is 41.0 Å². The number of likely N-dealkylation sites (tertiary alicyclic amines) is 1. The Labute approximate surface area is 152 Å². The molecule has 1 N–H and O–H groups in total. The summed E-state index contributed by atoms with van der Waals surface area (Å²) in [5, 5.41) is 3.96. The van der Waals surface area contributed by atoms with Crippen LogP contribution in [0.4, 0.5) is 5.13 Å². The molecule has 0 aliphatic carbocycles. The zero-order valence-electron chi connectivity index (χ0n) is 13.1. The van der Waals surface area contributed by atoms with E-state index in [2.05, 4.69) is 10.3 Å². The minimum atomic E-state index is -0.391. The Morgan fingerprint density at radius 2 is 2.32 bits per heavy atom. The summed E-state index contributed by atoms with van der Waals surface area (Å²) >= 11 is 7.33. The first-order valence-corrected chi connectivity index (χ1v) is 8.95. The molecule has 4 rings (SSSR count). The van der Waals surface area contributed by atoms with E-state index < -0.39 is 5.92 Å². The summed E-state index contributed by atoms with van der Waals surface area (Å²) in [7, 11) is 0. The zero-order valence-corrected chi connectivity index (χ0v) is 14.6. The molecule has 1 saturated heterocycles. The highest BCUT2D eigenvalue weighted by molar-refractivity contribution is 7.22. The van der Waals surface area contributed by atoms with Gasteiger partial charge in [0.05, 0.1) is 28.9 Å². The summed E-state index contributed by atoms with van der Waals surface area (Å²) in [6.07, 6.45) is 1.77. The lowest BCUT2D eigenvalue weighted by Gasteiger charge is -2.14. The summed E-state index contributed by atoms with van der Waals surface area (Å²) in [5.74, 6) is 0.0728.